The Bertz CT molecular complexity index is 1240. The number of nitro groups is 1. The first kappa shape index (κ1) is 23.6. The normalized spacial score (nSPS) is 10.9. The number of nitriles is 1. The first-order valence-corrected chi connectivity index (χ1v) is 10.8. The molecule has 0 spiro atoms. The molecule has 0 atom stereocenters. The number of hydrogen-bond acceptors (Lipinski definition) is 8. The fraction of sp³-hybridized carbons (Fsp3) is 0.217. The number of hydrogen-bond donors (Lipinski definition) is 1. The summed E-state index contributed by atoms with van der Waals surface area (Å²) < 4.78 is 5.69. The van der Waals surface area contributed by atoms with Crippen LogP contribution >= 0.6 is 11.3 Å². The quantitative estimate of drug-likeness (QED) is 0.293. The lowest BCUT2D eigenvalue weighted by atomic mass is 10.1. The Hall–Kier alpha value is -4.10. The Labute approximate surface area is 194 Å². The molecule has 0 aliphatic carbocycles. The second-order valence-corrected chi connectivity index (χ2v) is 8.51. The third-order valence-electron chi connectivity index (χ3n) is 4.41. The van der Waals surface area contributed by atoms with E-state index in [1.165, 1.54) is 41.8 Å². The van der Waals surface area contributed by atoms with Crippen molar-refractivity contribution in [3.05, 3.63) is 74.3 Å². The lowest BCUT2D eigenvalue weighted by Gasteiger charge is -2.10. The third kappa shape index (κ3) is 5.99. The molecule has 1 aromatic heterocycles. The van der Waals surface area contributed by atoms with Gasteiger partial charge >= 0.3 is 0 Å². The molecule has 2 aromatic carbocycles. The standard InChI is InChI=1S/C23H21N5O4S/c1-14(2)13-32-20-9-6-17(10-18(20)11-24)23-26-15(3)21(33-23)22(29)27-25-12-16-4-7-19(8-5-16)28(30)31/h4-10,12,14H,13H2,1-3H3,(H,27,29)/b25-12+. The highest BCUT2D eigenvalue weighted by molar-refractivity contribution is 7.17. The van der Waals surface area contributed by atoms with Gasteiger partial charge in [0.05, 0.1) is 29.0 Å². The number of thiazole rings is 1. The van der Waals surface area contributed by atoms with E-state index >= 15 is 0 Å². The average Bonchev–Trinajstić information content (AvgIpc) is 3.19. The smallest absolute Gasteiger partial charge is 0.283 e. The topological polar surface area (TPSA) is 131 Å². The minimum atomic E-state index is -0.487. The van der Waals surface area contributed by atoms with Crippen LogP contribution in [0.4, 0.5) is 5.69 Å². The monoisotopic (exact) mass is 463 g/mol. The van der Waals surface area contributed by atoms with Gasteiger partial charge in [0, 0.05) is 17.7 Å². The Balaban J connectivity index is 1.72. The van der Waals surface area contributed by atoms with Gasteiger partial charge in [0.2, 0.25) is 0 Å². The molecule has 1 heterocycles. The van der Waals surface area contributed by atoms with Crippen molar-refractivity contribution >= 4 is 29.1 Å². The molecule has 0 radical (unpaired) electrons. The minimum Gasteiger partial charge on any atom is -0.492 e. The van der Waals surface area contributed by atoms with E-state index in [1.807, 2.05) is 19.9 Å². The van der Waals surface area contributed by atoms with E-state index in [9.17, 15) is 20.2 Å². The number of hydrazone groups is 1. The van der Waals surface area contributed by atoms with Crippen LogP contribution in [-0.2, 0) is 0 Å². The average molecular weight is 464 g/mol. The molecule has 9 nitrogen and oxygen atoms in total. The lowest BCUT2D eigenvalue weighted by molar-refractivity contribution is -0.384. The van der Waals surface area contributed by atoms with Gasteiger partial charge in [-0.15, -0.1) is 11.3 Å². The number of nitro benzene ring substituents is 1. The van der Waals surface area contributed by atoms with Crippen molar-refractivity contribution in [3.63, 3.8) is 0 Å². The number of nitrogens with one attached hydrogen (secondary N) is 1. The van der Waals surface area contributed by atoms with Gasteiger partial charge in [0.1, 0.15) is 21.7 Å². The van der Waals surface area contributed by atoms with E-state index < -0.39 is 10.8 Å². The van der Waals surface area contributed by atoms with Crippen molar-refractivity contribution in [3.8, 4) is 22.4 Å². The minimum absolute atomic E-state index is 0.0249. The highest BCUT2D eigenvalue weighted by atomic mass is 32.1. The van der Waals surface area contributed by atoms with Gasteiger partial charge in [-0.25, -0.2) is 10.4 Å². The van der Waals surface area contributed by atoms with Crippen LogP contribution in [0.25, 0.3) is 10.6 Å². The molecular weight excluding hydrogens is 442 g/mol. The van der Waals surface area contributed by atoms with Crippen LogP contribution in [0.2, 0.25) is 0 Å². The van der Waals surface area contributed by atoms with Crippen molar-refractivity contribution < 1.29 is 14.5 Å². The SMILES string of the molecule is Cc1nc(-c2ccc(OCC(C)C)c(C#N)c2)sc1C(=O)N/N=C/c1ccc([N+](=O)[O-])cc1. The molecule has 33 heavy (non-hydrogen) atoms. The fourth-order valence-corrected chi connectivity index (χ4v) is 3.71. The summed E-state index contributed by atoms with van der Waals surface area (Å²) in [6, 6.07) is 13.2. The third-order valence-corrected chi connectivity index (χ3v) is 5.61. The molecule has 3 aromatic rings. The van der Waals surface area contributed by atoms with Crippen molar-refractivity contribution in [1.82, 2.24) is 10.4 Å². The second-order valence-electron chi connectivity index (χ2n) is 7.51. The van der Waals surface area contributed by atoms with Gasteiger partial charge in [-0.05, 0) is 48.7 Å². The molecular formula is C23H21N5O4S. The molecule has 0 saturated heterocycles. The summed E-state index contributed by atoms with van der Waals surface area (Å²) in [6.45, 7) is 6.29. The molecule has 0 unspecified atom stereocenters. The summed E-state index contributed by atoms with van der Waals surface area (Å²) in [6.07, 6.45) is 1.40. The summed E-state index contributed by atoms with van der Waals surface area (Å²) in [5.41, 5.74) is 4.68. The lowest BCUT2D eigenvalue weighted by Crippen LogP contribution is -2.17. The zero-order valence-corrected chi connectivity index (χ0v) is 19.0. The van der Waals surface area contributed by atoms with Crippen molar-refractivity contribution in [2.45, 2.75) is 20.8 Å². The van der Waals surface area contributed by atoms with E-state index in [2.05, 4.69) is 21.6 Å². The molecule has 168 valence electrons. The number of ether oxygens (including phenoxy) is 1. The summed E-state index contributed by atoms with van der Waals surface area (Å²) in [4.78, 5) is 27.6. The number of benzene rings is 2. The molecule has 3 rings (SSSR count). The van der Waals surface area contributed by atoms with E-state index in [-0.39, 0.29) is 5.69 Å². The highest BCUT2D eigenvalue weighted by Gasteiger charge is 2.17. The molecule has 0 saturated carbocycles. The van der Waals surface area contributed by atoms with Crippen LogP contribution in [0.5, 0.6) is 5.75 Å². The predicted molar refractivity (Wildman–Crippen MR) is 125 cm³/mol. The number of carbonyl (C=O) groups excluding carboxylic acids is 1. The van der Waals surface area contributed by atoms with E-state index in [4.69, 9.17) is 4.74 Å². The first-order valence-electron chi connectivity index (χ1n) is 10.0. The zero-order valence-electron chi connectivity index (χ0n) is 18.2. The Morgan fingerprint density at radius 2 is 2.06 bits per heavy atom. The fourth-order valence-electron chi connectivity index (χ4n) is 2.76. The maximum Gasteiger partial charge on any atom is 0.283 e. The number of carbonyl (C=O) groups is 1. The molecule has 1 amide bonds. The number of rotatable bonds is 8. The molecule has 0 aliphatic rings. The summed E-state index contributed by atoms with van der Waals surface area (Å²) in [5.74, 6) is 0.426. The van der Waals surface area contributed by atoms with Gasteiger partial charge in [-0.2, -0.15) is 10.4 Å². The number of aromatic nitrogens is 1. The largest absolute Gasteiger partial charge is 0.492 e. The van der Waals surface area contributed by atoms with Crippen LogP contribution in [-0.4, -0.2) is 28.6 Å². The molecule has 10 heteroatoms. The van der Waals surface area contributed by atoms with E-state index in [0.29, 0.717) is 50.5 Å². The zero-order chi connectivity index (χ0) is 24.0. The van der Waals surface area contributed by atoms with Gasteiger partial charge in [0.25, 0.3) is 11.6 Å². The van der Waals surface area contributed by atoms with Crippen LogP contribution < -0.4 is 10.2 Å². The number of aryl methyl sites for hydroxylation is 1. The van der Waals surface area contributed by atoms with Gasteiger partial charge in [-0.1, -0.05) is 13.8 Å². The van der Waals surface area contributed by atoms with Gasteiger partial charge in [0.15, 0.2) is 0 Å². The Morgan fingerprint density at radius 3 is 2.70 bits per heavy atom. The number of amides is 1. The second kappa shape index (κ2) is 10.5. The van der Waals surface area contributed by atoms with Crippen LogP contribution in [0.3, 0.4) is 0 Å². The Morgan fingerprint density at radius 1 is 1.33 bits per heavy atom. The van der Waals surface area contributed by atoms with E-state index in [0.717, 1.165) is 0 Å². The summed E-state index contributed by atoms with van der Waals surface area (Å²) >= 11 is 1.19. The summed E-state index contributed by atoms with van der Waals surface area (Å²) in [7, 11) is 0. The highest BCUT2D eigenvalue weighted by Crippen LogP contribution is 2.31. The van der Waals surface area contributed by atoms with Crippen molar-refractivity contribution in [1.29, 1.82) is 5.26 Å². The van der Waals surface area contributed by atoms with Crippen LogP contribution in [0.1, 0.15) is 40.3 Å². The number of nitrogens with zero attached hydrogens (tertiary/aromatic N) is 4. The Kier molecular flexibility index (Phi) is 7.48. The molecule has 0 aliphatic heterocycles. The predicted octanol–water partition coefficient (Wildman–Crippen LogP) is 4.70. The molecule has 1 N–H and O–H groups in total. The maximum atomic E-state index is 12.6. The molecule has 0 fully saturated rings. The van der Waals surface area contributed by atoms with Crippen molar-refractivity contribution in [2.24, 2.45) is 11.0 Å². The van der Waals surface area contributed by atoms with Crippen molar-refractivity contribution in [2.75, 3.05) is 6.61 Å². The first-order chi connectivity index (χ1) is 15.8. The number of non-ortho nitro benzene ring substituents is 1. The van der Waals surface area contributed by atoms with Gasteiger partial charge < -0.3 is 4.74 Å². The summed E-state index contributed by atoms with van der Waals surface area (Å²) in [5, 5.41) is 24.7. The van der Waals surface area contributed by atoms with E-state index in [1.54, 1.807) is 19.1 Å². The van der Waals surface area contributed by atoms with Crippen LogP contribution in [0, 0.1) is 34.3 Å². The van der Waals surface area contributed by atoms with Crippen LogP contribution in [0.15, 0.2) is 47.6 Å². The molecule has 0 bridgehead atoms. The maximum absolute atomic E-state index is 12.6. The van der Waals surface area contributed by atoms with Gasteiger partial charge in [-0.3, -0.25) is 14.9 Å².